The normalized spacial score (nSPS) is 15.3. The van der Waals surface area contributed by atoms with Gasteiger partial charge in [0.05, 0.1) is 30.0 Å². The highest BCUT2D eigenvalue weighted by Gasteiger charge is 2.34. The zero-order valence-electron chi connectivity index (χ0n) is 19.3. The zero-order chi connectivity index (χ0) is 25.3. The van der Waals surface area contributed by atoms with Crippen molar-refractivity contribution in [3.63, 3.8) is 0 Å². The second kappa shape index (κ2) is 9.89. The van der Waals surface area contributed by atoms with Gasteiger partial charge in [-0.25, -0.2) is 9.79 Å². The fourth-order valence-corrected chi connectivity index (χ4v) is 5.13. The number of hydrogen-bond donors (Lipinski definition) is 0. The molecule has 3 aromatic rings. The molecule has 1 aliphatic heterocycles. The first-order chi connectivity index (χ1) is 16.7. The van der Waals surface area contributed by atoms with Crippen LogP contribution in [0.4, 0.5) is 0 Å². The number of rotatable bonds is 5. The minimum Gasteiger partial charge on any atom is -0.493 e. The van der Waals surface area contributed by atoms with Crippen LogP contribution in [0.1, 0.15) is 31.0 Å². The number of nitrogens with zero attached hydrogens (tertiary/aromatic N) is 2. The van der Waals surface area contributed by atoms with Crippen LogP contribution >= 0.6 is 22.9 Å². The average molecular weight is 513 g/mol. The van der Waals surface area contributed by atoms with E-state index in [-0.39, 0.29) is 16.9 Å². The molecular weight excluding hydrogens is 492 g/mol. The summed E-state index contributed by atoms with van der Waals surface area (Å²) < 4.78 is 17.3. The quantitative estimate of drug-likeness (QED) is 0.385. The highest BCUT2D eigenvalue weighted by Crippen LogP contribution is 2.34. The molecule has 8 nitrogen and oxygen atoms in total. The molecule has 1 unspecified atom stereocenters. The molecule has 1 atom stereocenters. The fraction of sp³-hybridized carbons (Fsp3) is 0.200. The first-order valence-corrected chi connectivity index (χ1v) is 11.7. The van der Waals surface area contributed by atoms with E-state index in [9.17, 15) is 14.4 Å². The predicted molar refractivity (Wildman–Crippen MR) is 132 cm³/mol. The Labute approximate surface area is 209 Å². The van der Waals surface area contributed by atoms with Crippen LogP contribution < -0.4 is 24.4 Å². The van der Waals surface area contributed by atoms with Gasteiger partial charge in [0.2, 0.25) is 0 Å². The number of allylic oxidation sites excluding steroid dienone is 1. The summed E-state index contributed by atoms with van der Waals surface area (Å²) in [6.45, 7) is 3.00. The van der Waals surface area contributed by atoms with Gasteiger partial charge in [-0.1, -0.05) is 47.2 Å². The van der Waals surface area contributed by atoms with E-state index in [1.807, 2.05) is 0 Å². The number of benzene rings is 2. The molecule has 0 radical (unpaired) electrons. The molecule has 4 rings (SSSR count). The number of carbonyl (C=O) groups excluding carboxylic acids is 2. The van der Waals surface area contributed by atoms with Crippen LogP contribution in [-0.2, 0) is 14.3 Å². The van der Waals surface area contributed by atoms with Crippen molar-refractivity contribution in [3.05, 3.63) is 89.6 Å². The number of esters is 2. The number of methoxy groups -OCH3 is 2. The first-order valence-electron chi connectivity index (χ1n) is 10.5. The summed E-state index contributed by atoms with van der Waals surface area (Å²) >= 11 is 7.67. The van der Waals surface area contributed by atoms with Crippen LogP contribution in [0, 0.1) is 0 Å². The molecule has 0 amide bonds. The van der Waals surface area contributed by atoms with Crippen LogP contribution in [0.25, 0.3) is 6.08 Å². The van der Waals surface area contributed by atoms with Gasteiger partial charge in [0.25, 0.3) is 5.56 Å². The van der Waals surface area contributed by atoms with Crippen molar-refractivity contribution in [1.29, 1.82) is 0 Å². The Balaban J connectivity index is 1.92. The second-order valence-electron chi connectivity index (χ2n) is 7.60. The summed E-state index contributed by atoms with van der Waals surface area (Å²) in [7, 11) is 2.74. The molecule has 1 aromatic heterocycles. The van der Waals surface area contributed by atoms with Crippen molar-refractivity contribution in [2.75, 3.05) is 14.2 Å². The number of hydrogen-bond acceptors (Lipinski definition) is 8. The molecule has 0 saturated carbocycles. The van der Waals surface area contributed by atoms with Gasteiger partial charge in [-0.05, 0) is 42.3 Å². The van der Waals surface area contributed by atoms with Crippen LogP contribution in [0.15, 0.2) is 63.5 Å². The van der Waals surface area contributed by atoms with Gasteiger partial charge in [-0.2, -0.15) is 0 Å². The number of carbonyl (C=O) groups is 2. The lowest BCUT2D eigenvalue weighted by atomic mass is 9.96. The number of halogens is 1. The van der Waals surface area contributed by atoms with Crippen molar-refractivity contribution < 1.29 is 23.8 Å². The smallest absolute Gasteiger partial charge is 0.338 e. The van der Waals surface area contributed by atoms with E-state index in [1.54, 1.807) is 55.5 Å². The van der Waals surface area contributed by atoms with E-state index < -0.39 is 18.0 Å². The lowest BCUT2D eigenvalue weighted by Crippen LogP contribution is -2.39. The van der Waals surface area contributed by atoms with Gasteiger partial charge < -0.3 is 14.2 Å². The third-order valence-corrected chi connectivity index (χ3v) is 6.69. The molecular formula is C25H21ClN2O6S. The Morgan fingerprint density at radius 1 is 1.14 bits per heavy atom. The number of fused-ring (bicyclic) bond motifs is 1. The van der Waals surface area contributed by atoms with Crippen LogP contribution in [0.5, 0.6) is 11.5 Å². The SMILES string of the molecule is COC(=O)C1=C(C)N=c2s/c(=C\c3ccc(OC(C)=O)c(OC)c3)c(=O)n2C1c1ccccc1Cl. The maximum absolute atomic E-state index is 13.6. The standard InChI is InChI=1S/C25H21ClN2O6S/c1-13-21(24(31)33-4)22(16-7-5-6-8-17(16)26)28-23(30)20(35-25(28)27-13)12-15-9-10-18(34-14(2)29)19(11-15)32-3/h5-12,22H,1-4H3/b20-12-. The summed E-state index contributed by atoms with van der Waals surface area (Å²) in [6, 6.07) is 11.2. The summed E-state index contributed by atoms with van der Waals surface area (Å²) in [6.07, 6.45) is 1.69. The third kappa shape index (κ3) is 4.65. The van der Waals surface area contributed by atoms with Crippen molar-refractivity contribution in [1.82, 2.24) is 4.57 Å². The minimum absolute atomic E-state index is 0.243. The number of aromatic nitrogens is 1. The van der Waals surface area contributed by atoms with Crippen molar-refractivity contribution in [3.8, 4) is 11.5 Å². The van der Waals surface area contributed by atoms with E-state index in [0.717, 1.165) is 0 Å². The largest absolute Gasteiger partial charge is 0.493 e. The van der Waals surface area contributed by atoms with Crippen molar-refractivity contribution in [2.24, 2.45) is 4.99 Å². The topological polar surface area (TPSA) is 96.2 Å². The second-order valence-corrected chi connectivity index (χ2v) is 9.02. The van der Waals surface area contributed by atoms with E-state index in [0.29, 0.717) is 36.9 Å². The zero-order valence-corrected chi connectivity index (χ0v) is 20.9. The Hall–Kier alpha value is -3.69. The molecule has 0 N–H and O–H groups in total. The summed E-state index contributed by atoms with van der Waals surface area (Å²) in [5, 5.41) is 0.411. The van der Waals surface area contributed by atoms with E-state index >= 15 is 0 Å². The minimum atomic E-state index is -0.796. The molecule has 0 saturated heterocycles. The monoisotopic (exact) mass is 512 g/mol. The molecule has 2 heterocycles. The van der Waals surface area contributed by atoms with Crippen molar-refractivity contribution >= 4 is 41.0 Å². The maximum atomic E-state index is 13.6. The van der Waals surface area contributed by atoms with Gasteiger partial charge in [0, 0.05) is 11.9 Å². The average Bonchev–Trinajstić information content (AvgIpc) is 3.13. The molecule has 35 heavy (non-hydrogen) atoms. The Morgan fingerprint density at radius 3 is 2.54 bits per heavy atom. The molecule has 10 heteroatoms. The van der Waals surface area contributed by atoms with Gasteiger partial charge in [-0.3, -0.25) is 14.2 Å². The Kier molecular flexibility index (Phi) is 6.90. The predicted octanol–water partition coefficient (Wildman–Crippen LogP) is 3.00. The van der Waals surface area contributed by atoms with Crippen LogP contribution in [-0.4, -0.2) is 30.7 Å². The molecule has 0 bridgehead atoms. The van der Waals surface area contributed by atoms with Crippen molar-refractivity contribution in [2.45, 2.75) is 19.9 Å². The van der Waals surface area contributed by atoms with Gasteiger partial charge in [0.15, 0.2) is 16.3 Å². The van der Waals surface area contributed by atoms with Gasteiger partial charge in [-0.15, -0.1) is 0 Å². The lowest BCUT2D eigenvalue weighted by molar-refractivity contribution is -0.136. The molecule has 2 aromatic carbocycles. The maximum Gasteiger partial charge on any atom is 0.338 e. The highest BCUT2D eigenvalue weighted by atomic mass is 35.5. The molecule has 0 aliphatic carbocycles. The fourth-order valence-electron chi connectivity index (χ4n) is 3.85. The molecule has 1 aliphatic rings. The van der Waals surface area contributed by atoms with E-state index in [2.05, 4.69) is 4.99 Å². The highest BCUT2D eigenvalue weighted by molar-refractivity contribution is 7.07. The first kappa shape index (κ1) is 24.4. The number of ether oxygens (including phenoxy) is 3. The van der Waals surface area contributed by atoms with E-state index in [1.165, 1.54) is 37.0 Å². The van der Waals surface area contributed by atoms with E-state index in [4.69, 9.17) is 25.8 Å². The van der Waals surface area contributed by atoms with Gasteiger partial charge in [0.1, 0.15) is 6.04 Å². The van der Waals surface area contributed by atoms with Gasteiger partial charge >= 0.3 is 11.9 Å². The summed E-state index contributed by atoms with van der Waals surface area (Å²) in [4.78, 5) is 42.6. The summed E-state index contributed by atoms with van der Waals surface area (Å²) in [5.41, 5.74) is 1.59. The number of thiazole rings is 1. The summed E-state index contributed by atoms with van der Waals surface area (Å²) in [5.74, 6) is -0.438. The molecule has 0 fully saturated rings. The van der Waals surface area contributed by atoms with Crippen LogP contribution in [0.3, 0.4) is 0 Å². The molecule has 180 valence electrons. The van der Waals surface area contributed by atoms with Crippen LogP contribution in [0.2, 0.25) is 5.02 Å². The lowest BCUT2D eigenvalue weighted by Gasteiger charge is -2.25. The molecule has 0 spiro atoms. The Morgan fingerprint density at radius 2 is 1.89 bits per heavy atom. The Bertz CT molecular complexity index is 1550. The third-order valence-electron chi connectivity index (χ3n) is 5.37.